The van der Waals surface area contributed by atoms with Crippen molar-refractivity contribution in [2.24, 2.45) is 0 Å². The molecule has 166 valence electrons. The molecule has 0 saturated carbocycles. The number of aromatic nitrogens is 2. The first-order chi connectivity index (χ1) is 15.6. The molecule has 1 aliphatic heterocycles. The van der Waals surface area contributed by atoms with Crippen LogP contribution in [-0.4, -0.2) is 40.9 Å². The Hall–Kier alpha value is -2.57. The first-order valence-corrected chi connectivity index (χ1v) is 12.3. The van der Waals surface area contributed by atoms with E-state index in [-0.39, 0.29) is 5.91 Å². The third-order valence-corrected chi connectivity index (χ3v) is 6.61. The summed E-state index contributed by atoms with van der Waals surface area (Å²) in [6.07, 6.45) is 3.39. The lowest BCUT2D eigenvalue weighted by molar-refractivity contribution is 0.0724. The smallest absolute Gasteiger partial charge is 0.253 e. The fourth-order valence-corrected chi connectivity index (χ4v) is 4.83. The summed E-state index contributed by atoms with van der Waals surface area (Å²) in [6.45, 7) is 2.44. The minimum absolute atomic E-state index is 0.125. The summed E-state index contributed by atoms with van der Waals surface area (Å²) in [6, 6.07) is 19.9. The molecule has 32 heavy (non-hydrogen) atoms. The fraction of sp³-hybridized carbons (Fsp3) is 0.320. The summed E-state index contributed by atoms with van der Waals surface area (Å²) in [7, 11) is 2.00. The highest BCUT2D eigenvalue weighted by Crippen LogP contribution is 2.25. The highest BCUT2D eigenvalue weighted by molar-refractivity contribution is 7.98. The average Bonchev–Trinajstić information content (AvgIpc) is 2.83. The summed E-state index contributed by atoms with van der Waals surface area (Å²) in [5.41, 5.74) is 3.02. The molecular formula is C25H27ClN4OS. The molecule has 5 nitrogen and oxygen atoms in total. The second-order valence-corrected chi connectivity index (χ2v) is 9.34. The number of benzene rings is 2. The molecule has 1 amide bonds. The lowest BCUT2D eigenvalue weighted by Crippen LogP contribution is -2.35. The predicted molar refractivity (Wildman–Crippen MR) is 131 cm³/mol. The van der Waals surface area contributed by atoms with Crippen LogP contribution in [0.1, 0.15) is 40.7 Å². The molecule has 3 aromatic rings. The van der Waals surface area contributed by atoms with Crippen molar-refractivity contribution < 1.29 is 4.79 Å². The third-order valence-electron chi connectivity index (χ3n) is 5.50. The van der Waals surface area contributed by atoms with Gasteiger partial charge in [-0.05, 0) is 42.5 Å². The zero-order chi connectivity index (χ0) is 22.3. The Morgan fingerprint density at radius 1 is 1.00 bits per heavy atom. The lowest BCUT2D eigenvalue weighted by Gasteiger charge is -2.26. The van der Waals surface area contributed by atoms with Crippen LogP contribution in [0.15, 0.2) is 65.8 Å². The molecule has 1 saturated heterocycles. The number of hydrogen-bond acceptors (Lipinski definition) is 5. The minimum Gasteiger partial charge on any atom is -0.355 e. The van der Waals surface area contributed by atoms with E-state index in [0.717, 1.165) is 49.4 Å². The molecule has 0 bridgehead atoms. The Morgan fingerprint density at radius 2 is 1.75 bits per heavy atom. The standard InChI is InChI=1S/C25H27ClN4OS/c1-29(17-19-9-4-2-5-10-19)23-16-22(26)27-25(28-23)32-18-20-11-8-12-21(15-20)24(31)30-13-6-3-7-14-30/h2,4-5,8-12,15-16H,3,6-7,13-14,17-18H2,1H3. The van der Waals surface area contributed by atoms with Gasteiger partial charge in [-0.25, -0.2) is 9.97 Å². The van der Waals surface area contributed by atoms with Gasteiger partial charge in [-0.3, -0.25) is 4.79 Å². The van der Waals surface area contributed by atoms with Crippen LogP contribution >= 0.6 is 23.4 Å². The zero-order valence-corrected chi connectivity index (χ0v) is 19.8. The van der Waals surface area contributed by atoms with Gasteiger partial charge in [0.2, 0.25) is 0 Å². The Bertz CT molecular complexity index is 1060. The highest BCUT2D eigenvalue weighted by atomic mass is 35.5. The first kappa shape index (κ1) is 22.6. The van der Waals surface area contributed by atoms with Crippen LogP contribution in [-0.2, 0) is 12.3 Å². The topological polar surface area (TPSA) is 49.3 Å². The van der Waals surface area contributed by atoms with Crippen LogP contribution < -0.4 is 4.90 Å². The van der Waals surface area contributed by atoms with E-state index in [0.29, 0.717) is 16.1 Å². The van der Waals surface area contributed by atoms with Gasteiger partial charge in [-0.2, -0.15) is 0 Å². The Kier molecular flexibility index (Phi) is 7.66. The van der Waals surface area contributed by atoms with Crippen molar-refractivity contribution in [2.75, 3.05) is 25.0 Å². The number of piperidine rings is 1. The van der Waals surface area contributed by atoms with Crippen LogP contribution in [0.4, 0.5) is 5.82 Å². The summed E-state index contributed by atoms with van der Waals surface area (Å²) in [5, 5.41) is 1.05. The summed E-state index contributed by atoms with van der Waals surface area (Å²) in [4.78, 5) is 25.9. The zero-order valence-electron chi connectivity index (χ0n) is 18.2. The molecule has 1 fully saturated rings. The molecule has 0 spiro atoms. The molecule has 2 heterocycles. The summed E-state index contributed by atoms with van der Waals surface area (Å²) in [5.74, 6) is 1.58. The van der Waals surface area contributed by atoms with E-state index in [1.165, 1.54) is 23.7 Å². The van der Waals surface area contributed by atoms with Crippen molar-refractivity contribution >= 4 is 35.1 Å². The quantitative estimate of drug-likeness (QED) is 0.254. The van der Waals surface area contributed by atoms with E-state index < -0.39 is 0 Å². The number of halogens is 1. The van der Waals surface area contributed by atoms with Gasteiger partial charge in [0.05, 0.1) is 0 Å². The molecule has 0 unspecified atom stereocenters. The number of amides is 1. The maximum atomic E-state index is 12.8. The molecule has 0 atom stereocenters. The molecule has 2 aromatic carbocycles. The number of nitrogens with zero attached hydrogens (tertiary/aromatic N) is 4. The minimum atomic E-state index is 0.125. The summed E-state index contributed by atoms with van der Waals surface area (Å²) < 4.78 is 0. The summed E-state index contributed by atoms with van der Waals surface area (Å²) >= 11 is 7.81. The number of carbonyl (C=O) groups excluding carboxylic acids is 1. The van der Waals surface area contributed by atoms with E-state index in [9.17, 15) is 4.79 Å². The van der Waals surface area contributed by atoms with Gasteiger partial charge in [-0.1, -0.05) is 65.8 Å². The predicted octanol–water partition coefficient (Wildman–Crippen LogP) is 5.68. The normalized spacial score (nSPS) is 13.8. The van der Waals surface area contributed by atoms with Crippen LogP contribution in [0.25, 0.3) is 0 Å². The lowest BCUT2D eigenvalue weighted by atomic mass is 10.1. The maximum Gasteiger partial charge on any atom is 0.253 e. The molecule has 1 aliphatic rings. The van der Waals surface area contributed by atoms with Crippen molar-refractivity contribution in [1.29, 1.82) is 0 Å². The van der Waals surface area contributed by atoms with E-state index in [1.54, 1.807) is 6.07 Å². The van der Waals surface area contributed by atoms with Gasteiger partial charge in [0, 0.05) is 44.1 Å². The molecule has 0 radical (unpaired) electrons. The van der Waals surface area contributed by atoms with Crippen LogP contribution in [0.2, 0.25) is 5.15 Å². The van der Waals surface area contributed by atoms with E-state index in [2.05, 4.69) is 22.0 Å². The number of hydrogen-bond donors (Lipinski definition) is 0. The second-order valence-electron chi connectivity index (χ2n) is 8.02. The number of likely N-dealkylation sites (tertiary alicyclic amines) is 1. The largest absolute Gasteiger partial charge is 0.355 e. The molecule has 0 aliphatic carbocycles. The van der Waals surface area contributed by atoms with Crippen molar-refractivity contribution in [3.05, 3.63) is 82.5 Å². The van der Waals surface area contributed by atoms with Gasteiger partial charge < -0.3 is 9.80 Å². The Balaban J connectivity index is 1.42. The van der Waals surface area contributed by atoms with E-state index in [1.807, 2.05) is 54.4 Å². The van der Waals surface area contributed by atoms with Crippen molar-refractivity contribution in [3.63, 3.8) is 0 Å². The molecule has 4 rings (SSSR count). The molecule has 1 aromatic heterocycles. The number of carbonyl (C=O) groups is 1. The van der Waals surface area contributed by atoms with Gasteiger partial charge in [0.25, 0.3) is 5.91 Å². The van der Waals surface area contributed by atoms with Crippen molar-refractivity contribution in [3.8, 4) is 0 Å². The van der Waals surface area contributed by atoms with Gasteiger partial charge in [0.1, 0.15) is 11.0 Å². The highest BCUT2D eigenvalue weighted by Gasteiger charge is 2.18. The molecular weight excluding hydrogens is 440 g/mol. The Labute approximate surface area is 198 Å². The van der Waals surface area contributed by atoms with Gasteiger partial charge >= 0.3 is 0 Å². The first-order valence-electron chi connectivity index (χ1n) is 10.9. The van der Waals surface area contributed by atoms with Crippen molar-refractivity contribution in [1.82, 2.24) is 14.9 Å². The molecule has 0 N–H and O–H groups in total. The monoisotopic (exact) mass is 466 g/mol. The van der Waals surface area contributed by atoms with Crippen LogP contribution in [0, 0.1) is 0 Å². The number of thioether (sulfide) groups is 1. The average molecular weight is 467 g/mol. The van der Waals surface area contributed by atoms with Gasteiger partial charge in [-0.15, -0.1) is 0 Å². The van der Waals surface area contributed by atoms with E-state index in [4.69, 9.17) is 16.6 Å². The Morgan fingerprint density at radius 3 is 2.53 bits per heavy atom. The van der Waals surface area contributed by atoms with Crippen LogP contribution in [0.5, 0.6) is 0 Å². The molecule has 7 heteroatoms. The fourth-order valence-electron chi connectivity index (χ4n) is 3.81. The third kappa shape index (κ3) is 6.02. The van der Waals surface area contributed by atoms with E-state index >= 15 is 0 Å². The van der Waals surface area contributed by atoms with Crippen LogP contribution in [0.3, 0.4) is 0 Å². The number of anilines is 1. The maximum absolute atomic E-state index is 12.8. The SMILES string of the molecule is CN(Cc1ccccc1)c1cc(Cl)nc(SCc2cccc(C(=O)N3CCCCC3)c2)n1. The van der Waals surface area contributed by atoms with Crippen molar-refractivity contribution in [2.45, 2.75) is 36.7 Å². The van der Waals surface area contributed by atoms with Gasteiger partial charge in [0.15, 0.2) is 5.16 Å². The second kappa shape index (κ2) is 10.8. The number of rotatable bonds is 7.